The van der Waals surface area contributed by atoms with Gasteiger partial charge in [-0.1, -0.05) is 30.3 Å². The van der Waals surface area contributed by atoms with Crippen LogP contribution in [0.2, 0.25) is 0 Å². The molecule has 0 saturated carbocycles. The van der Waals surface area contributed by atoms with Crippen LogP contribution in [0.5, 0.6) is 11.5 Å². The van der Waals surface area contributed by atoms with Crippen LogP contribution >= 0.6 is 0 Å². The molecular weight excluding hydrogens is 304 g/mol. The highest BCUT2D eigenvalue weighted by Gasteiger charge is 2.24. The summed E-state index contributed by atoms with van der Waals surface area (Å²) >= 11 is 0. The van der Waals surface area contributed by atoms with E-state index in [1.165, 1.54) is 29.8 Å². The van der Waals surface area contributed by atoms with Crippen molar-refractivity contribution >= 4 is 12.0 Å². The Morgan fingerprint density at radius 2 is 2.00 bits per heavy atom. The molecule has 120 valence electrons. The Hall–Kier alpha value is -3.26. The lowest BCUT2D eigenvalue weighted by Gasteiger charge is -2.13. The third kappa shape index (κ3) is 3.08. The number of nitrogens with zero attached hydrogens (tertiary/aromatic N) is 1. The van der Waals surface area contributed by atoms with Crippen LogP contribution < -0.4 is 5.32 Å². The molecule has 1 aliphatic rings. The Morgan fingerprint density at radius 1 is 1.21 bits per heavy atom. The van der Waals surface area contributed by atoms with E-state index in [1.54, 1.807) is 0 Å². The number of phenols is 2. The smallest absolute Gasteiger partial charge is 0.262 e. The number of nitrogens with one attached hydrogen (secondary N) is 1. The number of nitriles is 1. The van der Waals surface area contributed by atoms with Gasteiger partial charge in [-0.05, 0) is 47.7 Å². The summed E-state index contributed by atoms with van der Waals surface area (Å²) in [5, 5.41) is 31.0. The van der Waals surface area contributed by atoms with Crippen molar-refractivity contribution in [2.45, 2.75) is 18.9 Å². The first-order valence-electron chi connectivity index (χ1n) is 7.61. The predicted molar refractivity (Wildman–Crippen MR) is 89.0 cm³/mol. The summed E-state index contributed by atoms with van der Waals surface area (Å²) in [5.41, 5.74) is 2.72. The number of aromatic hydroxyl groups is 2. The molecule has 1 amide bonds. The van der Waals surface area contributed by atoms with Crippen molar-refractivity contribution in [1.82, 2.24) is 5.32 Å². The topological polar surface area (TPSA) is 93.3 Å². The number of benzene rings is 2. The molecule has 0 spiro atoms. The molecule has 2 aromatic rings. The van der Waals surface area contributed by atoms with Crippen LogP contribution in [0.1, 0.15) is 29.2 Å². The van der Waals surface area contributed by atoms with Gasteiger partial charge in [0, 0.05) is 0 Å². The Morgan fingerprint density at radius 3 is 2.75 bits per heavy atom. The lowest BCUT2D eigenvalue weighted by molar-refractivity contribution is -0.117. The highest BCUT2D eigenvalue weighted by atomic mass is 16.3. The maximum atomic E-state index is 12.4. The molecule has 1 atom stereocenters. The van der Waals surface area contributed by atoms with Gasteiger partial charge in [-0.15, -0.1) is 0 Å². The Labute approximate surface area is 139 Å². The molecule has 0 bridgehead atoms. The lowest BCUT2D eigenvalue weighted by atomic mass is 10.1. The summed E-state index contributed by atoms with van der Waals surface area (Å²) < 4.78 is 0. The van der Waals surface area contributed by atoms with Gasteiger partial charge in [0.2, 0.25) is 0 Å². The minimum atomic E-state index is -0.452. The average molecular weight is 320 g/mol. The van der Waals surface area contributed by atoms with Crippen LogP contribution in [0.25, 0.3) is 6.08 Å². The standard InChI is InChI=1S/C19H16N2O3/c20-11-14(9-12-5-8-17(22)18(23)10-12)19(24)21-16-7-6-13-3-1-2-4-15(13)16/h1-5,8-10,16,22-23H,6-7H2,(H,21,24)/b14-9+. The number of amides is 1. The molecule has 0 aromatic heterocycles. The maximum absolute atomic E-state index is 12.4. The van der Waals surface area contributed by atoms with E-state index in [0.29, 0.717) is 5.56 Å². The Bertz CT molecular complexity index is 865. The molecule has 1 unspecified atom stereocenters. The molecule has 5 nitrogen and oxygen atoms in total. The van der Waals surface area contributed by atoms with Crippen molar-refractivity contribution in [2.75, 3.05) is 0 Å². The van der Waals surface area contributed by atoms with Gasteiger partial charge in [0.1, 0.15) is 11.6 Å². The molecule has 0 fully saturated rings. The first kappa shape index (κ1) is 15.6. The largest absolute Gasteiger partial charge is 0.504 e. The van der Waals surface area contributed by atoms with Gasteiger partial charge >= 0.3 is 0 Å². The van der Waals surface area contributed by atoms with Gasteiger partial charge < -0.3 is 15.5 Å². The second-order valence-corrected chi connectivity index (χ2v) is 5.68. The minimum absolute atomic E-state index is 0.0514. The van der Waals surface area contributed by atoms with Gasteiger partial charge in [-0.2, -0.15) is 5.26 Å². The fourth-order valence-electron chi connectivity index (χ4n) is 2.89. The number of carbonyl (C=O) groups is 1. The SMILES string of the molecule is N#C/C(=C\c1ccc(O)c(O)c1)C(=O)NC1CCc2ccccc21. The molecule has 0 heterocycles. The van der Waals surface area contributed by atoms with Crippen LogP contribution in [0.4, 0.5) is 0 Å². The van der Waals surface area contributed by atoms with Gasteiger partial charge in [0.15, 0.2) is 11.5 Å². The first-order chi connectivity index (χ1) is 11.6. The second-order valence-electron chi connectivity index (χ2n) is 5.68. The van der Waals surface area contributed by atoms with Crippen LogP contribution in [0.3, 0.4) is 0 Å². The molecule has 24 heavy (non-hydrogen) atoms. The third-order valence-corrected chi connectivity index (χ3v) is 4.11. The molecule has 0 saturated heterocycles. The number of aryl methyl sites for hydroxylation is 1. The van der Waals surface area contributed by atoms with Crippen LogP contribution in [0.15, 0.2) is 48.0 Å². The molecule has 3 N–H and O–H groups in total. The van der Waals surface area contributed by atoms with E-state index in [2.05, 4.69) is 5.32 Å². The van der Waals surface area contributed by atoms with Gasteiger partial charge in [0.25, 0.3) is 5.91 Å². The average Bonchev–Trinajstić information content (AvgIpc) is 2.99. The monoisotopic (exact) mass is 320 g/mol. The summed E-state index contributed by atoms with van der Waals surface area (Å²) in [6, 6.07) is 13.8. The molecule has 0 aliphatic heterocycles. The van der Waals surface area contributed by atoms with Gasteiger partial charge in [-0.3, -0.25) is 4.79 Å². The van der Waals surface area contributed by atoms with E-state index >= 15 is 0 Å². The molecule has 1 aliphatic carbocycles. The number of rotatable bonds is 3. The fourth-order valence-corrected chi connectivity index (χ4v) is 2.89. The number of phenolic OH excluding ortho intramolecular Hbond substituents is 2. The van der Waals surface area contributed by atoms with Crippen molar-refractivity contribution in [1.29, 1.82) is 5.26 Å². The van der Waals surface area contributed by atoms with Gasteiger partial charge in [0.05, 0.1) is 6.04 Å². The highest BCUT2D eigenvalue weighted by molar-refractivity contribution is 6.02. The zero-order valence-electron chi connectivity index (χ0n) is 12.9. The summed E-state index contributed by atoms with van der Waals surface area (Å²) in [4.78, 5) is 12.4. The number of fused-ring (bicyclic) bond motifs is 1. The van der Waals surface area contributed by atoms with Crippen LogP contribution in [0, 0.1) is 11.3 Å². The van der Waals surface area contributed by atoms with E-state index < -0.39 is 5.91 Å². The highest BCUT2D eigenvalue weighted by Crippen LogP contribution is 2.31. The van der Waals surface area contributed by atoms with Gasteiger partial charge in [-0.25, -0.2) is 0 Å². The minimum Gasteiger partial charge on any atom is -0.504 e. The van der Waals surface area contributed by atoms with Crippen LogP contribution in [-0.4, -0.2) is 16.1 Å². The fraction of sp³-hybridized carbons (Fsp3) is 0.158. The van der Waals surface area contributed by atoms with Crippen molar-refractivity contribution in [3.05, 3.63) is 64.7 Å². The van der Waals surface area contributed by atoms with Crippen molar-refractivity contribution in [3.8, 4) is 17.6 Å². The first-order valence-corrected chi connectivity index (χ1v) is 7.61. The van der Waals surface area contributed by atoms with Crippen molar-refractivity contribution < 1.29 is 15.0 Å². The zero-order valence-corrected chi connectivity index (χ0v) is 12.9. The summed E-state index contributed by atoms with van der Waals surface area (Å²) in [6.45, 7) is 0. The summed E-state index contributed by atoms with van der Waals surface area (Å²) in [7, 11) is 0. The van der Waals surface area contributed by atoms with E-state index in [4.69, 9.17) is 0 Å². The summed E-state index contributed by atoms with van der Waals surface area (Å²) in [6.07, 6.45) is 3.09. The van der Waals surface area contributed by atoms with Crippen molar-refractivity contribution in [3.63, 3.8) is 0 Å². The Kier molecular flexibility index (Phi) is 4.21. The van der Waals surface area contributed by atoms with E-state index in [0.717, 1.165) is 18.4 Å². The Balaban J connectivity index is 1.79. The molecular formula is C19H16N2O3. The maximum Gasteiger partial charge on any atom is 0.262 e. The number of carbonyl (C=O) groups excluding carboxylic acids is 1. The third-order valence-electron chi connectivity index (χ3n) is 4.11. The van der Waals surface area contributed by atoms with E-state index in [-0.39, 0.29) is 23.1 Å². The van der Waals surface area contributed by atoms with E-state index in [1.807, 2.05) is 30.3 Å². The van der Waals surface area contributed by atoms with Crippen molar-refractivity contribution in [2.24, 2.45) is 0 Å². The summed E-state index contributed by atoms with van der Waals surface area (Å²) in [5.74, 6) is -1.00. The van der Waals surface area contributed by atoms with E-state index in [9.17, 15) is 20.3 Å². The molecule has 0 radical (unpaired) electrons. The lowest BCUT2D eigenvalue weighted by Crippen LogP contribution is -2.28. The normalized spacial score (nSPS) is 16.3. The number of hydrogen-bond acceptors (Lipinski definition) is 4. The molecule has 3 rings (SSSR count). The predicted octanol–water partition coefficient (Wildman–Crippen LogP) is 2.81. The zero-order chi connectivity index (χ0) is 17.1. The second kappa shape index (κ2) is 6.47. The molecule has 5 heteroatoms. The molecule has 2 aromatic carbocycles. The van der Waals surface area contributed by atoms with Crippen LogP contribution in [-0.2, 0) is 11.2 Å². The number of hydrogen-bond donors (Lipinski definition) is 3. The quantitative estimate of drug-likeness (QED) is 0.460.